The molecule has 1 aromatic carbocycles. The fourth-order valence-corrected chi connectivity index (χ4v) is 2.69. The zero-order chi connectivity index (χ0) is 15.0. The van der Waals surface area contributed by atoms with Crippen molar-refractivity contribution in [2.45, 2.75) is 13.3 Å². The second kappa shape index (κ2) is 5.26. The van der Waals surface area contributed by atoms with Crippen LogP contribution in [0.25, 0.3) is 5.65 Å². The van der Waals surface area contributed by atoms with E-state index in [0.29, 0.717) is 27.9 Å². The molecule has 0 unspecified atom stereocenters. The molecule has 0 aliphatic heterocycles. The number of halogens is 2. The summed E-state index contributed by atoms with van der Waals surface area (Å²) in [7, 11) is 0. The van der Waals surface area contributed by atoms with Crippen molar-refractivity contribution < 1.29 is 4.39 Å². The third-order valence-electron chi connectivity index (χ3n) is 3.29. The van der Waals surface area contributed by atoms with Crippen molar-refractivity contribution in [1.29, 1.82) is 5.26 Å². The molecule has 0 spiro atoms. The molecule has 3 rings (SSSR count). The highest BCUT2D eigenvalue weighted by atomic mass is 79.9. The quantitative estimate of drug-likeness (QED) is 0.715. The van der Waals surface area contributed by atoms with E-state index >= 15 is 0 Å². The summed E-state index contributed by atoms with van der Waals surface area (Å²) >= 11 is 3.17. The summed E-state index contributed by atoms with van der Waals surface area (Å²) in [5, 5.41) is 9.05. The van der Waals surface area contributed by atoms with Gasteiger partial charge in [0.25, 0.3) is 0 Å². The lowest BCUT2D eigenvalue weighted by atomic mass is 10.0. The van der Waals surface area contributed by atoms with E-state index in [1.807, 2.05) is 13.0 Å². The highest BCUT2D eigenvalue weighted by Crippen LogP contribution is 2.23. The molecule has 2 heterocycles. The molecule has 4 nitrogen and oxygen atoms in total. The number of benzene rings is 1. The summed E-state index contributed by atoms with van der Waals surface area (Å²) in [6.07, 6.45) is 5.46. The smallest absolute Gasteiger partial charge is 0.158 e. The van der Waals surface area contributed by atoms with Crippen molar-refractivity contribution in [3.8, 4) is 6.07 Å². The van der Waals surface area contributed by atoms with Crippen LogP contribution in [-0.4, -0.2) is 14.4 Å². The molecular formula is C15H10BrFN4. The van der Waals surface area contributed by atoms with E-state index in [4.69, 9.17) is 5.26 Å². The Labute approximate surface area is 129 Å². The molecule has 0 amide bonds. The number of nitrogens with zero attached hydrogens (tertiary/aromatic N) is 4. The molecule has 3 aromatic rings. The minimum atomic E-state index is -0.314. The molecule has 0 saturated heterocycles. The van der Waals surface area contributed by atoms with Gasteiger partial charge in [-0.25, -0.2) is 14.4 Å². The largest absolute Gasteiger partial charge is 0.303 e. The molecular weight excluding hydrogens is 335 g/mol. The Morgan fingerprint density at radius 2 is 2.24 bits per heavy atom. The minimum Gasteiger partial charge on any atom is -0.303 e. The van der Waals surface area contributed by atoms with Gasteiger partial charge in [0.2, 0.25) is 0 Å². The number of hydrogen-bond donors (Lipinski definition) is 0. The minimum absolute atomic E-state index is 0.311. The first-order valence-electron chi connectivity index (χ1n) is 6.25. The first-order chi connectivity index (χ1) is 10.1. The van der Waals surface area contributed by atoms with Gasteiger partial charge in [-0.3, -0.25) is 0 Å². The van der Waals surface area contributed by atoms with Gasteiger partial charge in [-0.05, 0) is 46.1 Å². The second-order valence-corrected chi connectivity index (χ2v) is 5.57. The van der Waals surface area contributed by atoms with Crippen molar-refractivity contribution in [2.24, 2.45) is 0 Å². The Bertz CT molecular complexity index is 879. The fourth-order valence-electron chi connectivity index (χ4n) is 2.23. The number of rotatable bonds is 2. The predicted octanol–water partition coefficient (Wildman–Crippen LogP) is 3.40. The average molecular weight is 345 g/mol. The first-order valence-corrected chi connectivity index (χ1v) is 7.05. The summed E-state index contributed by atoms with van der Waals surface area (Å²) in [6.45, 7) is 1.91. The van der Waals surface area contributed by atoms with Crippen molar-refractivity contribution in [3.63, 3.8) is 0 Å². The highest BCUT2D eigenvalue weighted by molar-refractivity contribution is 9.10. The Kier molecular flexibility index (Phi) is 3.43. The van der Waals surface area contributed by atoms with Crippen LogP contribution in [0.1, 0.15) is 22.5 Å². The maximum absolute atomic E-state index is 13.7. The van der Waals surface area contributed by atoms with E-state index in [-0.39, 0.29) is 5.82 Å². The van der Waals surface area contributed by atoms with Gasteiger partial charge in [0.05, 0.1) is 10.2 Å². The number of fused-ring (bicyclic) bond motifs is 1. The van der Waals surface area contributed by atoms with E-state index in [9.17, 15) is 4.39 Å². The van der Waals surface area contributed by atoms with Crippen LogP contribution in [0.3, 0.4) is 0 Å². The molecule has 0 saturated carbocycles. The molecule has 0 atom stereocenters. The monoisotopic (exact) mass is 344 g/mol. The summed E-state index contributed by atoms with van der Waals surface area (Å²) in [4.78, 5) is 8.55. The SMILES string of the molecule is Cc1cc(Br)c(F)cc1Cc1nc(C#N)cn2ccnc12. The lowest BCUT2D eigenvalue weighted by Crippen LogP contribution is -2.02. The number of nitriles is 1. The van der Waals surface area contributed by atoms with E-state index in [1.165, 1.54) is 6.07 Å². The van der Waals surface area contributed by atoms with E-state index in [2.05, 4.69) is 25.9 Å². The van der Waals surface area contributed by atoms with Crippen LogP contribution in [0.15, 0.2) is 35.2 Å². The van der Waals surface area contributed by atoms with E-state index < -0.39 is 0 Å². The maximum atomic E-state index is 13.7. The van der Waals surface area contributed by atoms with Crippen LogP contribution >= 0.6 is 15.9 Å². The lowest BCUT2D eigenvalue weighted by molar-refractivity contribution is 0.618. The Balaban J connectivity index is 2.12. The van der Waals surface area contributed by atoms with Crippen molar-refractivity contribution in [2.75, 3.05) is 0 Å². The van der Waals surface area contributed by atoms with E-state index in [0.717, 1.165) is 11.1 Å². The summed E-state index contributed by atoms with van der Waals surface area (Å²) in [5.74, 6) is -0.314. The molecule has 0 N–H and O–H groups in total. The van der Waals surface area contributed by atoms with Crippen LogP contribution in [0.2, 0.25) is 0 Å². The molecule has 104 valence electrons. The molecule has 0 bridgehead atoms. The molecule has 0 radical (unpaired) electrons. The molecule has 2 aromatic heterocycles. The van der Waals surface area contributed by atoms with Crippen molar-refractivity contribution in [3.05, 3.63) is 63.5 Å². The Morgan fingerprint density at radius 3 is 3.00 bits per heavy atom. The molecule has 0 fully saturated rings. The predicted molar refractivity (Wildman–Crippen MR) is 79.3 cm³/mol. The third-order valence-corrected chi connectivity index (χ3v) is 3.90. The van der Waals surface area contributed by atoms with Gasteiger partial charge in [-0.15, -0.1) is 0 Å². The van der Waals surface area contributed by atoms with Crippen LogP contribution in [-0.2, 0) is 6.42 Å². The first kappa shape index (κ1) is 13.7. The fraction of sp³-hybridized carbons (Fsp3) is 0.133. The number of aromatic nitrogens is 3. The van der Waals surface area contributed by atoms with Crippen LogP contribution in [0.5, 0.6) is 0 Å². The van der Waals surface area contributed by atoms with Gasteiger partial charge in [-0.2, -0.15) is 5.26 Å². The van der Waals surface area contributed by atoms with E-state index in [1.54, 1.807) is 29.1 Å². The number of hydrogen-bond acceptors (Lipinski definition) is 3. The van der Waals surface area contributed by atoms with Crippen LogP contribution in [0.4, 0.5) is 4.39 Å². The molecule has 21 heavy (non-hydrogen) atoms. The number of imidazole rings is 1. The number of aryl methyl sites for hydroxylation is 1. The summed E-state index contributed by atoms with van der Waals surface area (Å²) in [5.41, 5.74) is 3.42. The van der Waals surface area contributed by atoms with Crippen molar-refractivity contribution >= 4 is 21.6 Å². The summed E-state index contributed by atoms with van der Waals surface area (Å²) in [6, 6.07) is 5.25. The lowest BCUT2D eigenvalue weighted by Gasteiger charge is -2.08. The van der Waals surface area contributed by atoms with Gasteiger partial charge < -0.3 is 4.40 Å². The van der Waals surface area contributed by atoms with Gasteiger partial charge in [0.1, 0.15) is 11.9 Å². The third kappa shape index (κ3) is 2.52. The topological polar surface area (TPSA) is 54.0 Å². The van der Waals surface area contributed by atoms with Gasteiger partial charge in [0.15, 0.2) is 11.3 Å². The van der Waals surface area contributed by atoms with Crippen LogP contribution in [0, 0.1) is 24.1 Å². The van der Waals surface area contributed by atoms with Gasteiger partial charge in [0, 0.05) is 25.0 Å². The van der Waals surface area contributed by atoms with Gasteiger partial charge >= 0.3 is 0 Å². The Hall–Kier alpha value is -2.26. The molecule has 0 aliphatic carbocycles. The molecule has 6 heteroatoms. The molecule has 0 aliphatic rings. The highest BCUT2D eigenvalue weighted by Gasteiger charge is 2.12. The van der Waals surface area contributed by atoms with Crippen molar-refractivity contribution in [1.82, 2.24) is 14.4 Å². The maximum Gasteiger partial charge on any atom is 0.158 e. The zero-order valence-corrected chi connectivity index (χ0v) is 12.7. The standard InChI is InChI=1S/C15H10BrFN4/c1-9-4-12(16)13(17)5-10(9)6-14-15-19-2-3-21(15)8-11(7-18)20-14/h2-5,8H,6H2,1H3. The zero-order valence-electron chi connectivity index (χ0n) is 11.1. The summed E-state index contributed by atoms with van der Waals surface area (Å²) < 4.78 is 15.9. The average Bonchev–Trinajstić information content (AvgIpc) is 2.93. The normalized spacial score (nSPS) is 10.8. The van der Waals surface area contributed by atoms with Crippen LogP contribution < -0.4 is 0 Å². The van der Waals surface area contributed by atoms with Gasteiger partial charge in [-0.1, -0.05) is 0 Å². The Morgan fingerprint density at radius 1 is 1.43 bits per heavy atom. The second-order valence-electron chi connectivity index (χ2n) is 4.71.